The van der Waals surface area contributed by atoms with E-state index >= 15 is 0 Å². The second-order valence-corrected chi connectivity index (χ2v) is 12.4. The average Bonchev–Trinajstić information content (AvgIpc) is 3.54. The molecule has 1 unspecified atom stereocenters. The third-order valence-corrected chi connectivity index (χ3v) is 9.95. The predicted octanol–water partition coefficient (Wildman–Crippen LogP) is 1.16. The summed E-state index contributed by atoms with van der Waals surface area (Å²) in [5.41, 5.74) is 1.12. The van der Waals surface area contributed by atoms with Crippen molar-refractivity contribution >= 4 is 38.9 Å². The number of nitrogens with zero attached hydrogens (tertiary/aromatic N) is 5. The van der Waals surface area contributed by atoms with Crippen molar-refractivity contribution in [1.82, 2.24) is 19.1 Å². The van der Waals surface area contributed by atoms with Gasteiger partial charge in [0.1, 0.15) is 5.01 Å². The van der Waals surface area contributed by atoms with Crippen molar-refractivity contribution in [3.63, 3.8) is 0 Å². The number of likely N-dealkylation sites (tertiary alicyclic amines) is 1. The molecule has 4 heterocycles. The number of rotatable bonds is 4. The summed E-state index contributed by atoms with van der Waals surface area (Å²) in [4.78, 5) is 35.5. The molecule has 9 nitrogen and oxygen atoms in total. The first-order chi connectivity index (χ1) is 16.2. The Morgan fingerprint density at radius 3 is 2.53 bits per heavy atom. The third-order valence-electron chi connectivity index (χ3n) is 7.28. The van der Waals surface area contributed by atoms with Gasteiger partial charge in [0.25, 0.3) is 0 Å². The van der Waals surface area contributed by atoms with Crippen molar-refractivity contribution in [3.05, 3.63) is 40.3 Å². The van der Waals surface area contributed by atoms with E-state index in [0.29, 0.717) is 52.2 Å². The summed E-state index contributed by atoms with van der Waals surface area (Å²) in [6.45, 7) is 5.37. The van der Waals surface area contributed by atoms with Crippen LogP contribution in [0.5, 0.6) is 0 Å². The van der Waals surface area contributed by atoms with Gasteiger partial charge in [-0.15, -0.1) is 11.3 Å². The summed E-state index contributed by atoms with van der Waals surface area (Å²) >= 11 is 1.44. The van der Waals surface area contributed by atoms with Crippen molar-refractivity contribution in [2.45, 2.75) is 30.1 Å². The van der Waals surface area contributed by atoms with Crippen molar-refractivity contribution in [2.75, 3.05) is 57.8 Å². The first-order valence-electron chi connectivity index (χ1n) is 11.5. The molecule has 0 N–H and O–H groups in total. The summed E-state index contributed by atoms with van der Waals surface area (Å²) < 4.78 is 28.4. The van der Waals surface area contributed by atoms with E-state index in [0.717, 1.165) is 16.3 Å². The maximum Gasteiger partial charge on any atom is 0.243 e. The Labute approximate surface area is 204 Å². The number of thiazole rings is 1. The van der Waals surface area contributed by atoms with Crippen molar-refractivity contribution in [1.29, 1.82) is 0 Å². The van der Waals surface area contributed by atoms with Gasteiger partial charge < -0.3 is 14.7 Å². The highest BCUT2D eigenvalue weighted by Crippen LogP contribution is 2.47. The molecule has 0 bridgehead atoms. The number of likely N-dealkylation sites (N-methyl/N-ethyl adjacent to an activating group) is 1. The number of carbonyl (C=O) groups is 2. The molecule has 2 fully saturated rings. The van der Waals surface area contributed by atoms with Crippen LogP contribution in [0, 0.1) is 0 Å². The van der Waals surface area contributed by atoms with E-state index in [2.05, 4.69) is 9.88 Å². The van der Waals surface area contributed by atoms with Crippen LogP contribution < -0.4 is 4.90 Å². The smallest absolute Gasteiger partial charge is 0.243 e. The maximum atomic E-state index is 13.5. The molecule has 1 aromatic carbocycles. The maximum absolute atomic E-state index is 13.5. The fourth-order valence-corrected chi connectivity index (χ4v) is 7.32. The lowest BCUT2D eigenvalue weighted by molar-refractivity contribution is -0.127. The summed E-state index contributed by atoms with van der Waals surface area (Å²) in [6.07, 6.45) is 2.58. The lowest BCUT2D eigenvalue weighted by Gasteiger charge is -2.32. The Hall–Kier alpha value is -2.34. The van der Waals surface area contributed by atoms with Gasteiger partial charge in [0.05, 0.1) is 11.3 Å². The highest BCUT2D eigenvalue weighted by Gasteiger charge is 2.50. The van der Waals surface area contributed by atoms with E-state index in [4.69, 9.17) is 0 Å². The minimum Gasteiger partial charge on any atom is -0.342 e. The molecular formula is C23H29N5O4S2. The SMILES string of the molecule is CC(=O)N1CCC2(C1)CN(C(=O)Cc1nccs1)c1ccc(S(=O)(=O)N3CCN(C)CC3)cc12. The molecule has 1 atom stereocenters. The average molecular weight is 504 g/mol. The Balaban J connectivity index is 1.51. The van der Waals surface area contributed by atoms with Crippen LogP contribution in [-0.2, 0) is 31.4 Å². The zero-order valence-electron chi connectivity index (χ0n) is 19.4. The van der Waals surface area contributed by atoms with E-state index in [1.165, 1.54) is 15.6 Å². The van der Waals surface area contributed by atoms with Crippen LogP contribution in [-0.4, -0.2) is 92.2 Å². The highest BCUT2D eigenvalue weighted by molar-refractivity contribution is 7.89. The Morgan fingerprint density at radius 2 is 1.88 bits per heavy atom. The molecule has 0 saturated carbocycles. The monoisotopic (exact) mass is 503 g/mol. The van der Waals surface area contributed by atoms with Crippen LogP contribution in [0.4, 0.5) is 5.69 Å². The summed E-state index contributed by atoms with van der Waals surface area (Å²) in [5, 5.41) is 2.60. The van der Waals surface area contributed by atoms with Gasteiger partial charge in [-0.3, -0.25) is 9.59 Å². The molecule has 1 spiro atoms. The molecule has 2 aromatic rings. The number of carbonyl (C=O) groups excluding carboxylic acids is 2. The molecule has 3 aliphatic heterocycles. The number of anilines is 1. The summed E-state index contributed by atoms with van der Waals surface area (Å²) in [7, 11) is -1.66. The fourth-order valence-electron chi connectivity index (χ4n) is 5.26. The number of aromatic nitrogens is 1. The molecule has 0 radical (unpaired) electrons. The minimum atomic E-state index is -3.65. The quantitative estimate of drug-likeness (QED) is 0.622. The second kappa shape index (κ2) is 8.71. The Bertz CT molecular complexity index is 1210. The van der Waals surface area contributed by atoms with Gasteiger partial charge in [-0.2, -0.15) is 4.31 Å². The zero-order valence-corrected chi connectivity index (χ0v) is 21.1. The van der Waals surface area contributed by atoms with Crippen LogP contribution in [0.1, 0.15) is 23.9 Å². The van der Waals surface area contributed by atoms with Crippen molar-refractivity contribution < 1.29 is 18.0 Å². The molecule has 2 amide bonds. The van der Waals surface area contributed by atoms with E-state index in [9.17, 15) is 18.0 Å². The van der Waals surface area contributed by atoms with E-state index < -0.39 is 15.4 Å². The first kappa shape index (κ1) is 23.4. The predicted molar refractivity (Wildman–Crippen MR) is 129 cm³/mol. The van der Waals surface area contributed by atoms with Crippen LogP contribution in [0.25, 0.3) is 0 Å². The molecular weight excluding hydrogens is 474 g/mol. The zero-order chi connectivity index (χ0) is 24.1. The topological polar surface area (TPSA) is 94.1 Å². The van der Waals surface area contributed by atoms with Gasteiger partial charge in [0.15, 0.2) is 0 Å². The van der Waals surface area contributed by atoms with Gasteiger partial charge in [-0.1, -0.05) is 0 Å². The molecule has 3 aliphatic rings. The summed E-state index contributed by atoms with van der Waals surface area (Å²) in [6, 6.07) is 5.14. The number of piperazine rings is 1. The number of hydrogen-bond acceptors (Lipinski definition) is 7. The number of hydrogen-bond donors (Lipinski definition) is 0. The normalized spacial score (nSPS) is 23.6. The molecule has 5 rings (SSSR count). The van der Waals surface area contributed by atoms with E-state index in [-0.39, 0.29) is 23.1 Å². The summed E-state index contributed by atoms with van der Waals surface area (Å²) in [5.74, 6) is -0.0729. The molecule has 182 valence electrons. The van der Waals surface area contributed by atoms with Gasteiger partial charge in [-0.05, 0) is 37.2 Å². The number of benzene rings is 1. The van der Waals surface area contributed by atoms with Crippen molar-refractivity contribution in [2.24, 2.45) is 0 Å². The lowest BCUT2D eigenvalue weighted by atomic mass is 9.81. The molecule has 34 heavy (non-hydrogen) atoms. The number of sulfonamides is 1. The third kappa shape index (κ3) is 4.04. The minimum absolute atomic E-state index is 0.00722. The largest absolute Gasteiger partial charge is 0.342 e. The second-order valence-electron chi connectivity index (χ2n) is 9.44. The molecule has 0 aliphatic carbocycles. The van der Waals surface area contributed by atoms with Crippen molar-refractivity contribution in [3.8, 4) is 0 Å². The van der Waals surface area contributed by atoms with Gasteiger partial charge in [-0.25, -0.2) is 13.4 Å². The fraction of sp³-hybridized carbons (Fsp3) is 0.522. The molecule has 1 aromatic heterocycles. The molecule has 2 saturated heterocycles. The van der Waals surface area contributed by atoms with E-state index in [1.807, 2.05) is 12.4 Å². The highest BCUT2D eigenvalue weighted by atomic mass is 32.2. The van der Waals surface area contributed by atoms with Gasteiger partial charge in [0, 0.05) is 75.4 Å². The van der Waals surface area contributed by atoms with Gasteiger partial charge >= 0.3 is 0 Å². The van der Waals surface area contributed by atoms with Crippen LogP contribution >= 0.6 is 11.3 Å². The molecule has 11 heteroatoms. The number of fused-ring (bicyclic) bond motifs is 2. The van der Waals surface area contributed by atoms with Crippen LogP contribution in [0.15, 0.2) is 34.7 Å². The van der Waals surface area contributed by atoms with Crippen LogP contribution in [0.2, 0.25) is 0 Å². The standard InChI is InChI=1S/C23H29N5O4S2/c1-17(29)26-7-5-23(15-26)16-28(22(30)14-21-24-6-12-33-21)20-4-3-18(13-19(20)23)34(31,32)27-10-8-25(2)9-11-27/h3-4,6,12-13H,5,7-11,14-16H2,1-2H3. The first-order valence-corrected chi connectivity index (χ1v) is 13.8. The van der Waals surface area contributed by atoms with Crippen LogP contribution in [0.3, 0.4) is 0 Å². The number of amides is 2. The van der Waals surface area contributed by atoms with Gasteiger partial charge in [0.2, 0.25) is 21.8 Å². The Kier molecular flexibility index (Phi) is 5.99. The Morgan fingerprint density at radius 1 is 1.12 bits per heavy atom. The van der Waals surface area contributed by atoms with E-state index in [1.54, 1.807) is 41.1 Å². The lowest BCUT2D eigenvalue weighted by Crippen LogP contribution is -2.47.